The van der Waals surface area contributed by atoms with E-state index in [-0.39, 0.29) is 0 Å². The molecule has 174 valence electrons. The average Bonchev–Trinajstić information content (AvgIpc) is 2.86. The number of rotatable bonds is 10. The number of hydrogen-bond acceptors (Lipinski definition) is 5. The molecule has 0 saturated carbocycles. The van der Waals surface area contributed by atoms with Gasteiger partial charge in [-0.2, -0.15) is 0 Å². The SMILES string of the molecule is COc1ccc(CC2(O)CCN(CCOc3ccc(OCc4ccccc4)cc3)CC2)cc1. The van der Waals surface area contributed by atoms with Crippen LogP contribution in [0.25, 0.3) is 0 Å². The van der Waals surface area contributed by atoms with Crippen molar-refractivity contribution < 1.29 is 19.3 Å². The van der Waals surface area contributed by atoms with Gasteiger partial charge >= 0.3 is 0 Å². The van der Waals surface area contributed by atoms with Gasteiger partial charge < -0.3 is 19.3 Å². The van der Waals surface area contributed by atoms with E-state index in [1.54, 1.807) is 7.11 Å². The summed E-state index contributed by atoms with van der Waals surface area (Å²) in [7, 11) is 1.67. The number of aliphatic hydroxyl groups is 1. The Morgan fingerprint density at radius 2 is 1.36 bits per heavy atom. The average molecular weight is 448 g/mol. The molecule has 5 nitrogen and oxygen atoms in total. The van der Waals surface area contributed by atoms with E-state index in [0.717, 1.165) is 60.9 Å². The van der Waals surface area contributed by atoms with Crippen molar-refractivity contribution in [3.05, 3.63) is 90.0 Å². The van der Waals surface area contributed by atoms with Crippen LogP contribution in [0.5, 0.6) is 17.2 Å². The van der Waals surface area contributed by atoms with Gasteiger partial charge in [0.2, 0.25) is 0 Å². The van der Waals surface area contributed by atoms with E-state index in [1.165, 1.54) is 0 Å². The number of piperidine rings is 1. The predicted molar refractivity (Wildman–Crippen MR) is 130 cm³/mol. The third-order valence-corrected chi connectivity index (χ3v) is 6.23. The smallest absolute Gasteiger partial charge is 0.120 e. The largest absolute Gasteiger partial charge is 0.497 e. The molecule has 1 N–H and O–H groups in total. The molecule has 0 radical (unpaired) electrons. The van der Waals surface area contributed by atoms with Gasteiger partial charge in [0.25, 0.3) is 0 Å². The quantitative estimate of drug-likeness (QED) is 0.487. The maximum Gasteiger partial charge on any atom is 0.120 e. The number of likely N-dealkylation sites (tertiary alicyclic amines) is 1. The minimum Gasteiger partial charge on any atom is -0.497 e. The lowest BCUT2D eigenvalue weighted by Crippen LogP contribution is -2.46. The van der Waals surface area contributed by atoms with Gasteiger partial charge in [-0.1, -0.05) is 42.5 Å². The Labute approximate surface area is 196 Å². The van der Waals surface area contributed by atoms with E-state index in [2.05, 4.69) is 17.0 Å². The van der Waals surface area contributed by atoms with Crippen LogP contribution in [0.4, 0.5) is 0 Å². The van der Waals surface area contributed by atoms with Gasteiger partial charge in [-0.15, -0.1) is 0 Å². The fourth-order valence-electron chi connectivity index (χ4n) is 4.16. The first-order valence-corrected chi connectivity index (χ1v) is 11.6. The van der Waals surface area contributed by atoms with E-state index in [0.29, 0.717) is 19.6 Å². The van der Waals surface area contributed by atoms with Crippen molar-refractivity contribution >= 4 is 0 Å². The molecule has 0 aliphatic carbocycles. The van der Waals surface area contributed by atoms with E-state index >= 15 is 0 Å². The molecule has 0 spiro atoms. The highest BCUT2D eigenvalue weighted by molar-refractivity contribution is 5.31. The Bertz CT molecular complexity index is 965. The van der Waals surface area contributed by atoms with Crippen LogP contribution in [-0.2, 0) is 13.0 Å². The predicted octanol–water partition coefficient (Wildman–Crippen LogP) is 4.72. The standard InChI is InChI=1S/C28H33NO4/c1-31-25-9-7-23(8-10-25)21-28(30)15-17-29(18-16-28)19-20-32-26-11-13-27(14-12-26)33-22-24-5-3-2-4-6-24/h2-14,30H,15-22H2,1H3. The molecule has 0 bridgehead atoms. The molecule has 1 heterocycles. The second-order valence-corrected chi connectivity index (χ2v) is 8.68. The third-order valence-electron chi connectivity index (χ3n) is 6.23. The van der Waals surface area contributed by atoms with Crippen molar-refractivity contribution in [2.75, 3.05) is 33.4 Å². The molecule has 33 heavy (non-hydrogen) atoms. The Balaban J connectivity index is 1.15. The molecule has 3 aromatic rings. The Morgan fingerprint density at radius 1 is 0.758 bits per heavy atom. The molecule has 1 fully saturated rings. The molecule has 0 unspecified atom stereocenters. The fourth-order valence-corrected chi connectivity index (χ4v) is 4.16. The first-order chi connectivity index (χ1) is 16.1. The van der Waals surface area contributed by atoms with Crippen LogP contribution in [0.2, 0.25) is 0 Å². The maximum atomic E-state index is 11.0. The van der Waals surface area contributed by atoms with Crippen molar-refractivity contribution in [3.63, 3.8) is 0 Å². The molecule has 3 aromatic carbocycles. The number of nitrogens with zero attached hydrogens (tertiary/aromatic N) is 1. The molecule has 0 amide bonds. The summed E-state index contributed by atoms with van der Waals surface area (Å²) in [4.78, 5) is 2.36. The second kappa shape index (κ2) is 11.2. The molecule has 4 rings (SSSR count). The number of methoxy groups -OCH3 is 1. The summed E-state index contributed by atoms with van der Waals surface area (Å²) in [6, 6.07) is 25.9. The van der Waals surface area contributed by atoms with Gasteiger partial charge in [-0.3, -0.25) is 4.90 Å². The summed E-state index contributed by atoms with van der Waals surface area (Å²) >= 11 is 0. The zero-order valence-electron chi connectivity index (χ0n) is 19.3. The van der Waals surface area contributed by atoms with E-state index in [9.17, 15) is 5.11 Å². The van der Waals surface area contributed by atoms with Crippen LogP contribution in [0.15, 0.2) is 78.9 Å². The van der Waals surface area contributed by atoms with Crippen LogP contribution in [-0.4, -0.2) is 49.0 Å². The molecule has 1 aliphatic heterocycles. The summed E-state index contributed by atoms with van der Waals surface area (Å²) in [5, 5.41) is 11.0. The van der Waals surface area contributed by atoms with E-state index in [4.69, 9.17) is 14.2 Å². The van der Waals surface area contributed by atoms with Crippen molar-refractivity contribution in [2.24, 2.45) is 0 Å². The van der Waals surface area contributed by atoms with Crippen molar-refractivity contribution in [3.8, 4) is 17.2 Å². The minimum atomic E-state index is -0.637. The van der Waals surface area contributed by atoms with Crippen molar-refractivity contribution in [2.45, 2.75) is 31.5 Å². The maximum absolute atomic E-state index is 11.0. The van der Waals surface area contributed by atoms with Crippen molar-refractivity contribution in [1.82, 2.24) is 4.90 Å². The Kier molecular flexibility index (Phi) is 7.87. The Hall–Kier alpha value is -3.02. The lowest BCUT2D eigenvalue weighted by atomic mass is 9.85. The molecular weight excluding hydrogens is 414 g/mol. The van der Waals surface area contributed by atoms with Gasteiger partial charge in [-0.05, 0) is 60.4 Å². The van der Waals surface area contributed by atoms with Gasteiger partial charge in [0.1, 0.15) is 30.5 Å². The number of benzene rings is 3. The van der Waals surface area contributed by atoms with E-state index in [1.807, 2.05) is 66.7 Å². The zero-order valence-corrected chi connectivity index (χ0v) is 19.3. The first kappa shape index (κ1) is 23.1. The molecule has 1 aliphatic rings. The summed E-state index contributed by atoms with van der Waals surface area (Å²) in [5.74, 6) is 2.52. The van der Waals surface area contributed by atoms with Crippen LogP contribution < -0.4 is 14.2 Å². The molecular formula is C28H33NO4. The fraction of sp³-hybridized carbons (Fsp3) is 0.357. The van der Waals surface area contributed by atoms with Gasteiger partial charge in [0.05, 0.1) is 12.7 Å². The normalized spacial score (nSPS) is 15.7. The van der Waals surface area contributed by atoms with E-state index < -0.39 is 5.60 Å². The van der Waals surface area contributed by atoms with Crippen LogP contribution in [0.1, 0.15) is 24.0 Å². The highest BCUT2D eigenvalue weighted by Gasteiger charge is 2.32. The summed E-state index contributed by atoms with van der Waals surface area (Å²) in [6.07, 6.45) is 2.22. The topological polar surface area (TPSA) is 51.2 Å². The monoisotopic (exact) mass is 447 g/mol. The highest BCUT2D eigenvalue weighted by Crippen LogP contribution is 2.27. The van der Waals surface area contributed by atoms with Gasteiger partial charge in [0.15, 0.2) is 0 Å². The van der Waals surface area contributed by atoms with Crippen LogP contribution in [0.3, 0.4) is 0 Å². The number of hydrogen-bond donors (Lipinski definition) is 1. The van der Waals surface area contributed by atoms with Gasteiger partial charge in [0, 0.05) is 26.1 Å². The van der Waals surface area contributed by atoms with Crippen LogP contribution >= 0.6 is 0 Å². The molecule has 0 aromatic heterocycles. The van der Waals surface area contributed by atoms with Crippen LogP contribution in [0, 0.1) is 0 Å². The summed E-state index contributed by atoms with van der Waals surface area (Å²) < 4.78 is 17.0. The minimum absolute atomic E-state index is 0.556. The zero-order chi connectivity index (χ0) is 22.9. The first-order valence-electron chi connectivity index (χ1n) is 11.6. The third kappa shape index (κ3) is 6.98. The highest BCUT2D eigenvalue weighted by atomic mass is 16.5. The molecule has 1 saturated heterocycles. The summed E-state index contributed by atoms with van der Waals surface area (Å²) in [5.41, 5.74) is 1.66. The molecule has 5 heteroatoms. The summed E-state index contributed by atoms with van der Waals surface area (Å²) in [6.45, 7) is 3.79. The molecule has 0 atom stereocenters. The Morgan fingerprint density at radius 3 is 2.00 bits per heavy atom. The van der Waals surface area contributed by atoms with Gasteiger partial charge in [-0.25, -0.2) is 0 Å². The van der Waals surface area contributed by atoms with Crippen molar-refractivity contribution in [1.29, 1.82) is 0 Å². The lowest BCUT2D eigenvalue weighted by Gasteiger charge is -2.38. The number of ether oxygens (including phenoxy) is 3. The second-order valence-electron chi connectivity index (χ2n) is 8.68. The lowest BCUT2D eigenvalue weighted by molar-refractivity contribution is -0.0226.